The fraction of sp³-hybridized carbons (Fsp3) is 0.100. The van der Waals surface area contributed by atoms with Gasteiger partial charge in [0.15, 0.2) is 5.82 Å². The summed E-state index contributed by atoms with van der Waals surface area (Å²) in [7, 11) is 0. The minimum Gasteiger partial charge on any atom is -0.187 e. The van der Waals surface area contributed by atoms with E-state index >= 15 is 0 Å². The molecule has 0 saturated carbocycles. The van der Waals surface area contributed by atoms with E-state index in [2.05, 4.69) is 15.3 Å². The molecule has 0 spiro atoms. The predicted molar refractivity (Wildman–Crippen MR) is 68.9 cm³/mol. The third-order valence-electron chi connectivity index (χ3n) is 2.31. The van der Waals surface area contributed by atoms with Crippen molar-refractivity contribution < 1.29 is 0 Å². The standard InChI is InChI=1S/C10H6Cl2N4S/c1-5-13-14-10-16(5)15-9(17-10)7-4-6(11)2-3-8(7)12/h2-4H,1H3. The number of nitrogens with zero attached hydrogens (tertiary/aromatic N) is 4. The second-order valence-electron chi connectivity index (χ2n) is 3.47. The summed E-state index contributed by atoms with van der Waals surface area (Å²) in [6.07, 6.45) is 0. The molecule has 0 aliphatic rings. The Bertz CT molecular complexity index is 703. The fourth-order valence-corrected chi connectivity index (χ4v) is 2.84. The smallest absolute Gasteiger partial charge is 0.187 e. The molecule has 0 saturated heterocycles. The zero-order valence-corrected chi connectivity index (χ0v) is 11.0. The molecule has 1 aromatic carbocycles. The van der Waals surface area contributed by atoms with E-state index in [1.807, 2.05) is 6.92 Å². The summed E-state index contributed by atoms with van der Waals surface area (Å²) in [5.41, 5.74) is 0.814. The van der Waals surface area contributed by atoms with E-state index in [-0.39, 0.29) is 0 Å². The lowest BCUT2D eigenvalue weighted by atomic mass is 10.2. The van der Waals surface area contributed by atoms with Crippen LogP contribution in [-0.4, -0.2) is 19.8 Å². The number of hydrogen-bond acceptors (Lipinski definition) is 4. The van der Waals surface area contributed by atoms with Gasteiger partial charge in [0.25, 0.3) is 0 Å². The molecule has 0 bridgehead atoms. The number of rotatable bonds is 1. The molecule has 86 valence electrons. The van der Waals surface area contributed by atoms with Gasteiger partial charge in [-0.1, -0.05) is 34.5 Å². The monoisotopic (exact) mass is 284 g/mol. The van der Waals surface area contributed by atoms with Gasteiger partial charge in [-0.15, -0.1) is 10.2 Å². The summed E-state index contributed by atoms with van der Waals surface area (Å²) in [5.74, 6) is 0.751. The molecule has 4 nitrogen and oxygen atoms in total. The maximum atomic E-state index is 6.13. The van der Waals surface area contributed by atoms with Crippen LogP contribution in [-0.2, 0) is 0 Å². The van der Waals surface area contributed by atoms with Crippen molar-refractivity contribution in [1.29, 1.82) is 0 Å². The number of benzene rings is 1. The second-order valence-corrected chi connectivity index (χ2v) is 5.27. The number of hydrogen-bond donors (Lipinski definition) is 0. The van der Waals surface area contributed by atoms with Gasteiger partial charge in [-0.25, -0.2) is 0 Å². The van der Waals surface area contributed by atoms with E-state index < -0.39 is 0 Å². The molecule has 0 atom stereocenters. The van der Waals surface area contributed by atoms with E-state index in [9.17, 15) is 0 Å². The zero-order valence-electron chi connectivity index (χ0n) is 8.69. The molecule has 0 aliphatic carbocycles. The molecular weight excluding hydrogens is 279 g/mol. The quantitative estimate of drug-likeness (QED) is 0.687. The molecule has 0 fully saturated rings. The Morgan fingerprint density at radius 2 is 2.06 bits per heavy atom. The van der Waals surface area contributed by atoms with Crippen LogP contribution in [0.5, 0.6) is 0 Å². The summed E-state index contributed by atoms with van der Waals surface area (Å²) in [4.78, 5) is 0.744. The van der Waals surface area contributed by atoms with E-state index in [0.717, 1.165) is 21.4 Å². The molecule has 3 rings (SSSR count). The summed E-state index contributed by atoms with van der Waals surface area (Å²) in [6.45, 7) is 1.85. The predicted octanol–water partition coefficient (Wildman–Crippen LogP) is 3.47. The van der Waals surface area contributed by atoms with Crippen molar-refractivity contribution in [1.82, 2.24) is 19.8 Å². The van der Waals surface area contributed by atoms with Gasteiger partial charge in [-0.3, -0.25) is 0 Å². The SMILES string of the molecule is Cc1nnc2sc(-c3cc(Cl)ccc3Cl)nn12. The van der Waals surface area contributed by atoms with Crippen LogP contribution < -0.4 is 0 Å². The van der Waals surface area contributed by atoms with E-state index in [1.165, 1.54) is 11.3 Å². The average molecular weight is 285 g/mol. The van der Waals surface area contributed by atoms with Gasteiger partial charge in [0.05, 0.1) is 5.02 Å². The van der Waals surface area contributed by atoms with Crippen LogP contribution in [0, 0.1) is 6.92 Å². The van der Waals surface area contributed by atoms with Gasteiger partial charge in [-0.2, -0.15) is 9.61 Å². The zero-order chi connectivity index (χ0) is 12.0. The number of halogens is 2. The Morgan fingerprint density at radius 3 is 2.82 bits per heavy atom. The van der Waals surface area contributed by atoms with Crippen molar-refractivity contribution in [3.8, 4) is 10.6 Å². The lowest BCUT2D eigenvalue weighted by Gasteiger charge is -1.99. The Morgan fingerprint density at radius 1 is 1.24 bits per heavy atom. The van der Waals surface area contributed by atoms with Crippen molar-refractivity contribution in [2.45, 2.75) is 6.92 Å². The summed E-state index contributed by atoms with van der Waals surface area (Å²) >= 11 is 13.5. The Labute approximate surface area is 111 Å². The molecule has 2 aromatic heterocycles. The first-order valence-electron chi connectivity index (χ1n) is 4.79. The highest BCUT2D eigenvalue weighted by molar-refractivity contribution is 7.19. The fourth-order valence-electron chi connectivity index (χ4n) is 1.48. The summed E-state index contributed by atoms with van der Waals surface area (Å²) < 4.78 is 1.69. The summed E-state index contributed by atoms with van der Waals surface area (Å²) in [5, 5.41) is 14.4. The van der Waals surface area contributed by atoms with Crippen LogP contribution in [0.4, 0.5) is 0 Å². The Hall–Kier alpha value is -1.17. The average Bonchev–Trinajstić information content (AvgIpc) is 2.85. The van der Waals surface area contributed by atoms with Gasteiger partial charge in [0.1, 0.15) is 5.01 Å². The number of fused-ring (bicyclic) bond motifs is 1. The first-order chi connectivity index (χ1) is 8.15. The normalized spacial score (nSPS) is 11.2. The van der Waals surface area contributed by atoms with E-state index in [4.69, 9.17) is 23.2 Å². The molecule has 0 aliphatic heterocycles. The van der Waals surface area contributed by atoms with Crippen LogP contribution in [0.2, 0.25) is 10.0 Å². The Balaban J connectivity index is 2.23. The van der Waals surface area contributed by atoms with Crippen molar-refractivity contribution in [3.63, 3.8) is 0 Å². The Kier molecular flexibility index (Phi) is 2.54. The van der Waals surface area contributed by atoms with Gasteiger partial charge in [0, 0.05) is 10.6 Å². The van der Waals surface area contributed by atoms with Gasteiger partial charge < -0.3 is 0 Å². The van der Waals surface area contributed by atoms with Crippen LogP contribution in [0.1, 0.15) is 5.82 Å². The highest BCUT2D eigenvalue weighted by Crippen LogP contribution is 2.33. The van der Waals surface area contributed by atoms with Gasteiger partial charge in [0.2, 0.25) is 4.96 Å². The first kappa shape index (κ1) is 11.0. The van der Waals surface area contributed by atoms with Crippen LogP contribution in [0.25, 0.3) is 15.5 Å². The lowest BCUT2D eigenvalue weighted by Crippen LogP contribution is -1.88. The van der Waals surface area contributed by atoms with Crippen LogP contribution in [0.15, 0.2) is 18.2 Å². The van der Waals surface area contributed by atoms with Crippen LogP contribution in [0.3, 0.4) is 0 Å². The third-order valence-corrected chi connectivity index (χ3v) is 3.80. The van der Waals surface area contributed by atoms with Crippen molar-refractivity contribution in [3.05, 3.63) is 34.1 Å². The molecule has 0 radical (unpaired) electrons. The minimum absolute atomic E-state index is 0.622. The maximum Gasteiger partial charge on any atom is 0.234 e. The third kappa shape index (κ3) is 1.80. The number of aryl methyl sites for hydroxylation is 1. The van der Waals surface area contributed by atoms with Gasteiger partial charge >= 0.3 is 0 Å². The molecule has 17 heavy (non-hydrogen) atoms. The molecule has 2 heterocycles. The molecule has 0 amide bonds. The molecular formula is C10H6Cl2N4S. The maximum absolute atomic E-state index is 6.13. The summed E-state index contributed by atoms with van der Waals surface area (Å²) in [6, 6.07) is 5.30. The van der Waals surface area contributed by atoms with Gasteiger partial charge in [-0.05, 0) is 25.1 Å². The molecule has 0 N–H and O–H groups in total. The number of aromatic nitrogens is 4. The lowest BCUT2D eigenvalue weighted by molar-refractivity contribution is 0.898. The van der Waals surface area contributed by atoms with Crippen molar-refractivity contribution >= 4 is 39.5 Å². The van der Waals surface area contributed by atoms with E-state index in [1.54, 1.807) is 22.7 Å². The first-order valence-corrected chi connectivity index (χ1v) is 6.36. The van der Waals surface area contributed by atoms with Crippen molar-refractivity contribution in [2.24, 2.45) is 0 Å². The highest BCUT2D eigenvalue weighted by Gasteiger charge is 2.13. The van der Waals surface area contributed by atoms with E-state index in [0.29, 0.717) is 10.0 Å². The topological polar surface area (TPSA) is 43.1 Å². The highest BCUT2D eigenvalue weighted by atomic mass is 35.5. The van der Waals surface area contributed by atoms with Crippen molar-refractivity contribution in [2.75, 3.05) is 0 Å². The molecule has 0 unspecified atom stereocenters. The van der Waals surface area contributed by atoms with Crippen LogP contribution >= 0.6 is 34.5 Å². The molecule has 3 aromatic rings. The molecule has 7 heteroatoms. The minimum atomic E-state index is 0.622. The largest absolute Gasteiger partial charge is 0.234 e. The second kappa shape index (κ2) is 3.94.